The molecule has 1 aromatic carbocycles. The summed E-state index contributed by atoms with van der Waals surface area (Å²) in [7, 11) is 0. The number of benzene rings is 1. The number of hydrogen-bond donors (Lipinski definition) is 2. The second-order valence-electron chi connectivity index (χ2n) is 5.60. The van der Waals surface area contributed by atoms with E-state index in [4.69, 9.17) is 4.74 Å². The predicted octanol–water partition coefficient (Wildman–Crippen LogP) is 2.97. The predicted molar refractivity (Wildman–Crippen MR) is 74.0 cm³/mol. The molecule has 0 saturated carbocycles. The van der Waals surface area contributed by atoms with E-state index in [0.29, 0.717) is 0 Å². The normalized spacial score (nSPS) is 21.7. The van der Waals surface area contributed by atoms with Crippen LogP contribution >= 0.6 is 0 Å². The minimum absolute atomic E-state index is 0.175. The third kappa shape index (κ3) is 2.12. The molecular formula is C15H19N3O. The summed E-state index contributed by atoms with van der Waals surface area (Å²) >= 11 is 0. The van der Waals surface area contributed by atoms with Crippen LogP contribution in [0.5, 0.6) is 5.75 Å². The van der Waals surface area contributed by atoms with Crippen molar-refractivity contribution in [3.05, 3.63) is 47.8 Å². The number of rotatable bonds is 3. The molecule has 1 aliphatic heterocycles. The number of fused-ring (bicyclic) bond motifs is 1. The van der Waals surface area contributed by atoms with Crippen molar-refractivity contribution in [2.24, 2.45) is 0 Å². The lowest BCUT2D eigenvalue weighted by Crippen LogP contribution is -2.40. The highest BCUT2D eigenvalue weighted by Crippen LogP contribution is 2.43. The third-order valence-corrected chi connectivity index (χ3v) is 3.73. The summed E-state index contributed by atoms with van der Waals surface area (Å²) in [5.41, 5.74) is 2.13. The molecule has 19 heavy (non-hydrogen) atoms. The van der Waals surface area contributed by atoms with E-state index < -0.39 is 0 Å². The maximum atomic E-state index is 6.04. The summed E-state index contributed by atoms with van der Waals surface area (Å²) in [5.74, 6) is 0.976. The Bertz CT molecular complexity index is 563. The molecule has 100 valence electrons. The van der Waals surface area contributed by atoms with Gasteiger partial charge in [0.15, 0.2) is 0 Å². The molecule has 0 amide bonds. The Hall–Kier alpha value is -1.81. The zero-order valence-electron chi connectivity index (χ0n) is 11.5. The number of nitrogens with one attached hydrogen (secondary N) is 2. The Morgan fingerprint density at radius 3 is 2.89 bits per heavy atom. The van der Waals surface area contributed by atoms with E-state index in [2.05, 4.69) is 48.4 Å². The monoisotopic (exact) mass is 257 g/mol. The molecule has 0 radical (unpaired) electrons. The van der Waals surface area contributed by atoms with Crippen molar-refractivity contribution in [2.45, 2.75) is 38.5 Å². The molecule has 0 fully saturated rings. The van der Waals surface area contributed by atoms with Crippen LogP contribution in [0.25, 0.3) is 0 Å². The van der Waals surface area contributed by atoms with Gasteiger partial charge in [-0.1, -0.05) is 18.2 Å². The number of para-hydroxylation sites is 1. The van der Waals surface area contributed by atoms with Crippen LogP contribution < -0.4 is 10.1 Å². The van der Waals surface area contributed by atoms with Crippen molar-refractivity contribution in [1.82, 2.24) is 15.5 Å². The fourth-order valence-corrected chi connectivity index (χ4v) is 2.66. The van der Waals surface area contributed by atoms with Crippen LogP contribution in [0.1, 0.15) is 44.0 Å². The van der Waals surface area contributed by atoms with Gasteiger partial charge in [-0.3, -0.25) is 10.4 Å². The van der Waals surface area contributed by atoms with Gasteiger partial charge in [0.25, 0.3) is 0 Å². The van der Waals surface area contributed by atoms with Crippen molar-refractivity contribution in [2.75, 3.05) is 0 Å². The molecule has 2 N–H and O–H groups in total. The molecule has 0 spiro atoms. The Kier molecular flexibility index (Phi) is 2.82. The first-order valence-electron chi connectivity index (χ1n) is 6.60. The van der Waals surface area contributed by atoms with E-state index in [0.717, 1.165) is 11.3 Å². The van der Waals surface area contributed by atoms with E-state index in [-0.39, 0.29) is 17.7 Å². The van der Waals surface area contributed by atoms with Crippen molar-refractivity contribution in [3.8, 4) is 5.75 Å². The van der Waals surface area contributed by atoms with Crippen LogP contribution in [-0.2, 0) is 0 Å². The summed E-state index contributed by atoms with van der Waals surface area (Å²) in [6.45, 7) is 6.38. The Morgan fingerprint density at radius 2 is 2.16 bits per heavy atom. The number of nitrogens with zero attached hydrogens (tertiary/aromatic N) is 1. The SMILES string of the molecule is CC(NC1c2ccccc2OC1(C)C)c1cn[nH]c1. The van der Waals surface area contributed by atoms with E-state index in [1.165, 1.54) is 5.56 Å². The topological polar surface area (TPSA) is 49.9 Å². The number of hydrogen-bond acceptors (Lipinski definition) is 3. The lowest BCUT2D eigenvalue weighted by molar-refractivity contribution is 0.0919. The van der Waals surface area contributed by atoms with Gasteiger partial charge in [0, 0.05) is 23.4 Å². The molecule has 3 rings (SSSR count). The summed E-state index contributed by atoms with van der Waals surface area (Å²) < 4.78 is 6.04. The molecule has 2 aromatic rings. The lowest BCUT2D eigenvalue weighted by Gasteiger charge is -2.29. The zero-order valence-corrected chi connectivity index (χ0v) is 11.5. The quantitative estimate of drug-likeness (QED) is 0.888. The molecule has 2 heterocycles. The van der Waals surface area contributed by atoms with E-state index in [1.807, 2.05) is 24.5 Å². The zero-order chi connectivity index (χ0) is 13.5. The highest BCUT2D eigenvalue weighted by atomic mass is 16.5. The second kappa shape index (κ2) is 4.38. The number of H-pyrrole nitrogens is 1. The standard InChI is InChI=1S/C15H19N3O/c1-10(11-8-16-17-9-11)18-14-12-6-4-5-7-13(12)19-15(14,2)3/h4-10,14,18H,1-3H3,(H,16,17). The molecule has 1 aromatic heterocycles. The van der Waals surface area contributed by atoms with Crippen LogP contribution in [-0.4, -0.2) is 15.8 Å². The van der Waals surface area contributed by atoms with Crippen molar-refractivity contribution in [1.29, 1.82) is 0 Å². The largest absolute Gasteiger partial charge is 0.486 e. The summed E-state index contributed by atoms with van der Waals surface area (Å²) in [4.78, 5) is 0. The van der Waals surface area contributed by atoms with E-state index in [9.17, 15) is 0 Å². The minimum Gasteiger partial charge on any atom is -0.486 e. The summed E-state index contributed by atoms with van der Waals surface area (Å²) in [5, 5.41) is 10.5. The van der Waals surface area contributed by atoms with Crippen LogP contribution in [0.2, 0.25) is 0 Å². The smallest absolute Gasteiger partial charge is 0.125 e. The molecule has 0 bridgehead atoms. The van der Waals surface area contributed by atoms with E-state index >= 15 is 0 Å². The van der Waals surface area contributed by atoms with E-state index in [1.54, 1.807) is 0 Å². The first-order chi connectivity index (χ1) is 9.08. The summed E-state index contributed by atoms with van der Waals surface area (Å²) in [6, 6.07) is 8.62. The molecule has 4 heteroatoms. The maximum Gasteiger partial charge on any atom is 0.125 e. The molecule has 2 atom stereocenters. The number of aromatic amines is 1. The van der Waals surface area contributed by atoms with Gasteiger partial charge in [-0.15, -0.1) is 0 Å². The van der Waals surface area contributed by atoms with Gasteiger partial charge in [-0.2, -0.15) is 5.10 Å². The fraction of sp³-hybridized carbons (Fsp3) is 0.400. The molecular weight excluding hydrogens is 238 g/mol. The fourth-order valence-electron chi connectivity index (χ4n) is 2.66. The van der Waals surface area contributed by atoms with Crippen LogP contribution in [0.15, 0.2) is 36.7 Å². The molecule has 0 aliphatic carbocycles. The van der Waals surface area contributed by atoms with Gasteiger partial charge < -0.3 is 4.74 Å². The van der Waals surface area contributed by atoms with Crippen LogP contribution in [0.3, 0.4) is 0 Å². The summed E-state index contributed by atoms with van der Waals surface area (Å²) in [6.07, 6.45) is 3.78. The van der Waals surface area contributed by atoms with Gasteiger partial charge in [-0.05, 0) is 26.8 Å². The Labute approximate surface area is 113 Å². The van der Waals surface area contributed by atoms with Gasteiger partial charge in [0.1, 0.15) is 11.4 Å². The molecule has 2 unspecified atom stereocenters. The highest BCUT2D eigenvalue weighted by molar-refractivity contribution is 5.42. The minimum atomic E-state index is -0.248. The molecule has 4 nitrogen and oxygen atoms in total. The number of ether oxygens (including phenoxy) is 1. The molecule has 0 saturated heterocycles. The average Bonchev–Trinajstić information content (AvgIpc) is 2.96. The maximum absolute atomic E-state index is 6.04. The van der Waals surface area contributed by atoms with Gasteiger partial charge in [0.2, 0.25) is 0 Å². The molecule has 1 aliphatic rings. The highest BCUT2D eigenvalue weighted by Gasteiger charge is 2.41. The Morgan fingerprint density at radius 1 is 1.37 bits per heavy atom. The van der Waals surface area contributed by atoms with Gasteiger partial charge in [0.05, 0.1) is 12.2 Å². The van der Waals surface area contributed by atoms with Crippen molar-refractivity contribution < 1.29 is 4.74 Å². The van der Waals surface area contributed by atoms with Gasteiger partial charge >= 0.3 is 0 Å². The van der Waals surface area contributed by atoms with Crippen LogP contribution in [0, 0.1) is 0 Å². The Balaban J connectivity index is 1.87. The van der Waals surface area contributed by atoms with Crippen LogP contribution in [0.4, 0.5) is 0 Å². The van der Waals surface area contributed by atoms with Crippen molar-refractivity contribution >= 4 is 0 Å². The van der Waals surface area contributed by atoms with Gasteiger partial charge in [-0.25, -0.2) is 0 Å². The third-order valence-electron chi connectivity index (χ3n) is 3.73. The first kappa shape index (κ1) is 12.2. The lowest BCUT2D eigenvalue weighted by atomic mass is 9.93. The number of aromatic nitrogens is 2. The second-order valence-corrected chi connectivity index (χ2v) is 5.60. The first-order valence-corrected chi connectivity index (χ1v) is 6.60. The average molecular weight is 257 g/mol. The van der Waals surface area contributed by atoms with Crippen molar-refractivity contribution in [3.63, 3.8) is 0 Å².